The molecule has 8 nitrogen and oxygen atoms in total. The van der Waals surface area contributed by atoms with Gasteiger partial charge in [-0.2, -0.15) is 0 Å². The molecular formula is C19H19N2O6-. The number of urea groups is 1. The Morgan fingerprint density at radius 2 is 1.89 bits per heavy atom. The minimum atomic E-state index is -1.39. The molecule has 1 aliphatic carbocycles. The highest BCUT2D eigenvalue weighted by atomic mass is 16.5. The van der Waals surface area contributed by atoms with Crippen molar-refractivity contribution in [3.05, 3.63) is 35.4 Å². The Morgan fingerprint density at radius 1 is 1.19 bits per heavy atom. The summed E-state index contributed by atoms with van der Waals surface area (Å²) in [5.41, 5.74) is 0.167. The van der Waals surface area contributed by atoms with E-state index in [0.717, 1.165) is 24.2 Å². The molecule has 1 aliphatic heterocycles. The Balaban J connectivity index is 1.90. The number of ether oxygens (including phenoxy) is 1. The van der Waals surface area contributed by atoms with Crippen molar-refractivity contribution in [2.45, 2.75) is 38.1 Å². The van der Waals surface area contributed by atoms with Gasteiger partial charge in [-0.25, -0.2) is 4.79 Å². The number of amides is 4. The molecule has 1 saturated carbocycles. The van der Waals surface area contributed by atoms with Crippen molar-refractivity contribution in [2.24, 2.45) is 0 Å². The van der Waals surface area contributed by atoms with E-state index in [1.54, 1.807) is 18.2 Å². The lowest BCUT2D eigenvalue weighted by Crippen LogP contribution is -2.58. The number of carbonyl (C=O) groups is 4. The maximum Gasteiger partial charge on any atom is 0.331 e. The summed E-state index contributed by atoms with van der Waals surface area (Å²) < 4.78 is 5.14. The van der Waals surface area contributed by atoms with Gasteiger partial charge in [0.1, 0.15) is 17.9 Å². The lowest BCUT2D eigenvalue weighted by molar-refractivity contribution is -0.307. The third-order valence-electron chi connectivity index (χ3n) is 4.64. The minimum Gasteiger partial charge on any atom is -0.546 e. The number of hydrogen-bond donors (Lipinski definition) is 1. The summed E-state index contributed by atoms with van der Waals surface area (Å²) in [5.74, 6) is -2.63. The third kappa shape index (κ3) is 4.16. The van der Waals surface area contributed by atoms with Crippen LogP contribution in [0.1, 0.15) is 37.7 Å². The molecule has 0 spiro atoms. The average molecular weight is 371 g/mol. The van der Waals surface area contributed by atoms with Crippen molar-refractivity contribution >= 4 is 29.9 Å². The van der Waals surface area contributed by atoms with E-state index < -0.39 is 30.4 Å². The first-order valence-electron chi connectivity index (χ1n) is 8.79. The summed E-state index contributed by atoms with van der Waals surface area (Å²) in [5, 5.41) is 12.8. The van der Waals surface area contributed by atoms with E-state index in [0.29, 0.717) is 18.4 Å². The zero-order valence-electron chi connectivity index (χ0n) is 14.6. The van der Waals surface area contributed by atoms with E-state index in [1.165, 1.54) is 12.1 Å². The van der Waals surface area contributed by atoms with Crippen LogP contribution in [0.3, 0.4) is 0 Å². The Morgan fingerprint density at radius 3 is 2.59 bits per heavy atom. The smallest absolute Gasteiger partial charge is 0.331 e. The van der Waals surface area contributed by atoms with Crippen LogP contribution in [0.2, 0.25) is 0 Å². The number of nitrogens with one attached hydrogen (secondary N) is 1. The predicted molar refractivity (Wildman–Crippen MR) is 92.2 cm³/mol. The van der Waals surface area contributed by atoms with Crippen LogP contribution in [0.5, 0.6) is 5.75 Å². The number of aliphatic carboxylic acids is 1. The molecule has 142 valence electrons. The second-order valence-corrected chi connectivity index (χ2v) is 6.48. The van der Waals surface area contributed by atoms with Crippen molar-refractivity contribution in [2.75, 3.05) is 6.61 Å². The molecule has 27 heavy (non-hydrogen) atoms. The van der Waals surface area contributed by atoms with Crippen molar-refractivity contribution in [1.82, 2.24) is 10.2 Å². The molecule has 1 aromatic rings. The molecule has 1 N–H and O–H groups in total. The number of carbonyl (C=O) groups excluding carboxylic acids is 4. The number of benzene rings is 1. The molecule has 0 unspecified atom stereocenters. The molecule has 2 fully saturated rings. The third-order valence-corrected chi connectivity index (χ3v) is 4.64. The number of imide groups is 2. The first-order valence-corrected chi connectivity index (χ1v) is 8.79. The molecule has 2 aliphatic rings. The highest BCUT2D eigenvalue weighted by Crippen LogP contribution is 2.27. The zero-order chi connectivity index (χ0) is 19.4. The van der Waals surface area contributed by atoms with Gasteiger partial charge in [0.15, 0.2) is 0 Å². The number of rotatable bonds is 5. The number of para-hydroxylation sites is 1. The van der Waals surface area contributed by atoms with Crippen molar-refractivity contribution in [1.29, 1.82) is 0 Å². The van der Waals surface area contributed by atoms with Crippen molar-refractivity contribution in [3.8, 4) is 5.75 Å². The zero-order valence-corrected chi connectivity index (χ0v) is 14.6. The lowest BCUT2D eigenvalue weighted by Gasteiger charge is -2.35. The summed E-state index contributed by atoms with van der Waals surface area (Å²) in [6.45, 7) is -0.660. The first-order chi connectivity index (χ1) is 13.0. The van der Waals surface area contributed by atoms with Crippen LogP contribution in [0.4, 0.5) is 4.79 Å². The Hall–Kier alpha value is -3.16. The van der Waals surface area contributed by atoms with E-state index in [1.807, 2.05) is 0 Å². The maximum atomic E-state index is 12.9. The topological polar surface area (TPSA) is 116 Å². The average Bonchev–Trinajstić information content (AvgIpc) is 2.65. The Kier molecular flexibility index (Phi) is 5.54. The highest BCUT2D eigenvalue weighted by Gasteiger charge is 2.40. The number of barbiturate groups is 1. The van der Waals surface area contributed by atoms with E-state index in [2.05, 4.69) is 5.32 Å². The monoisotopic (exact) mass is 371 g/mol. The molecule has 3 rings (SSSR count). The fourth-order valence-electron chi connectivity index (χ4n) is 3.37. The van der Waals surface area contributed by atoms with Crippen LogP contribution in [0, 0.1) is 0 Å². The van der Waals surface area contributed by atoms with Crippen LogP contribution >= 0.6 is 0 Å². The van der Waals surface area contributed by atoms with E-state index in [-0.39, 0.29) is 17.4 Å². The van der Waals surface area contributed by atoms with Gasteiger partial charge in [0.05, 0.1) is 5.97 Å². The normalized spacial score (nSPS) is 19.9. The number of carboxylic acid groups (broad SMARTS) is 1. The first kappa shape index (κ1) is 18.6. The van der Waals surface area contributed by atoms with Gasteiger partial charge in [0.2, 0.25) is 0 Å². The summed E-state index contributed by atoms with van der Waals surface area (Å²) >= 11 is 0. The van der Waals surface area contributed by atoms with E-state index in [9.17, 15) is 24.3 Å². The standard InChI is InChI=1S/C19H20N2O6/c22-16(23)11-27-15-9-5-4-6-12(15)10-14-17(24)20-19(26)21(18(14)25)13-7-2-1-3-8-13/h4-6,9-10,13H,1-3,7-8,11H2,(H,22,23)(H,20,24,26)/p-1/b14-10+. The summed E-state index contributed by atoms with van der Waals surface area (Å²) in [4.78, 5) is 49.0. The summed E-state index contributed by atoms with van der Waals surface area (Å²) in [6, 6.07) is 5.47. The Bertz CT molecular complexity index is 810. The molecule has 4 amide bonds. The molecular weight excluding hydrogens is 352 g/mol. The number of hydrogen-bond acceptors (Lipinski definition) is 6. The molecule has 0 radical (unpaired) electrons. The highest BCUT2D eigenvalue weighted by molar-refractivity contribution is 6.31. The van der Waals surface area contributed by atoms with Crippen molar-refractivity contribution in [3.63, 3.8) is 0 Å². The van der Waals surface area contributed by atoms with E-state index >= 15 is 0 Å². The fourth-order valence-corrected chi connectivity index (χ4v) is 3.37. The molecule has 8 heteroatoms. The van der Waals surface area contributed by atoms with Gasteiger partial charge in [0, 0.05) is 11.6 Å². The minimum absolute atomic E-state index is 0.190. The second-order valence-electron chi connectivity index (χ2n) is 6.48. The lowest BCUT2D eigenvalue weighted by atomic mass is 9.93. The quantitative estimate of drug-likeness (QED) is 0.599. The Labute approximate surface area is 155 Å². The SMILES string of the molecule is O=C([O-])COc1ccccc1/C=C1\C(=O)NC(=O)N(C2CCCCC2)C1=O. The second kappa shape index (κ2) is 8.03. The number of carboxylic acids is 1. The predicted octanol–water partition coefficient (Wildman–Crippen LogP) is 0.610. The largest absolute Gasteiger partial charge is 0.546 e. The summed E-state index contributed by atoms with van der Waals surface area (Å²) in [7, 11) is 0. The molecule has 0 atom stereocenters. The van der Waals surface area contributed by atoms with Crippen LogP contribution < -0.4 is 15.2 Å². The number of nitrogens with zero attached hydrogens (tertiary/aromatic N) is 1. The van der Waals surface area contributed by atoms with Gasteiger partial charge in [-0.15, -0.1) is 0 Å². The van der Waals surface area contributed by atoms with Gasteiger partial charge in [0.25, 0.3) is 11.8 Å². The van der Waals surface area contributed by atoms with Gasteiger partial charge >= 0.3 is 6.03 Å². The van der Waals surface area contributed by atoms with Gasteiger partial charge in [-0.05, 0) is 25.0 Å². The fraction of sp³-hybridized carbons (Fsp3) is 0.368. The molecule has 0 bridgehead atoms. The molecule has 0 aromatic heterocycles. The van der Waals surface area contributed by atoms with E-state index in [4.69, 9.17) is 4.74 Å². The van der Waals surface area contributed by atoms with Crippen molar-refractivity contribution < 1.29 is 29.0 Å². The van der Waals surface area contributed by atoms with Crippen LogP contribution in [-0.4, -0.2) is 41.4 Å². The van der Waals surface area contributed by atoms with Crippen LogP contribution in [0.25, 0.3) is 6.08 Å². The summed E-state index contributed by atoms with van der Waals surface area (Å²) in [6.07, 6.45) is 5.65. The molecule has 1 saturated heterocycles. The van der Waals surface area contributed by atoms with Gasteiger partial charge in [-0.1, -0.05) is 37.5 Å². The van der Waals surface area contributed by atoms with Crippen LogP contribution in [-0.2, 0) is 14.4 Å². The maximum absolute atomic E-state index is 12.9. The molecule has 1 aromatic carbocycles. The van der Waals surface area contributed by atoms with Gasteiger partial charge < -0.3 is 14.6 Å². The molecule has 1 heterocycles. The van der Waals surface area contributed by atoms with Crippen LogP contribution in [0.15, 0.2) is 29.8 Å². The van der Waals surface area contributed by atoms with Gasteiger partial charge in [-0.3, -0.25) is 19.8 Å².